The minimum Gasteiger partial charge on any atom is -0.313 e. The normalized spacial score (nSPS) is 15.8. The van der Waals surface area contributed by atoms with Crippen molar-refractivity contribution in [3.8, 4) is 0 Å². The molecule has 5 nitrogen and oxygen atoms in total. The summed E-state index contributed by atoms with van der Waals surface area (Å²) in [7, 11) is 0. The van der Waals surface area contributed by atoms with Crippen LogP contribution in [-0.2, 0) is 25.8 Å². The summed E-state index contributed by atoms with van der Waals surface area (Å²) in [5.41, 5.74) is 2.78. The Morgan fingerprint density at radius 2 is 2.13 bits per heavy atom. The maximum absolute atomic E-state index is 14.0. The highest BCUT2D eigenvalue weighted by atomic mass is 32.1. The summed E-state index contributed by atoms with van der Waals surface area (Å²) in [5.74, 6) is -0.304. The second-order valence-corrected chi connectivity index (χ2v) is 9.04. The molecular formula is C24H23FN4OS. The van der Waals surface area contributed by atoms with Crippen molar-refractivity contribution < 1.29 is 4.39 Å². The maximum atomic E-state index is 14.0. The third-order valence-electron chi connectivity index (χ3n) is 5.90. The molecule has 1 aromatic carbocycles. The highest BCUT2D eigenvalue weighted by Gasteiger charge is 2.25. The smallest absolute Gasteiger partial charge is 0.262 e. The van der Waals surface area contributed by atoms with Crippen LogP contribution in [-0.4, -0.2) is 27.1 Å². The molecule has 1 N–H and O–H groups in total. The minimum absolute atomic E-state index is 0.0752. The largest absolute Gasteiger partial charge is 0.313 e. The zero-order valence-corrected chi connectivity index (χ0v) is 17.9. The molecule has 0 spiro atoms. The van der Waals surface area contributed by atoms with Crippen molar-refractivity contribution in [2.24, 2.45) is 0 Å². The molecule has 7 heteroatoms. The number of halogens is 1. The van der Waals surface area contributed by atoms with Crippen molar-refractivity contribution in [1.29, 1.82) is 0 Å². The van der Waals surface area contributed by atoms with Crippen LogP contribution < -0.4 is 10.9 Å². The van der Waals surface area contributed by atoms with Gasteiger partial charge in [0.1, 0.15) is 10.6 Å². The summed E-state index contributed by atoms with van der Waals surface area (Å²) in [6.45, 7) is 1.10. The Balaban J connectivity index is 1.33. The Bertz CT molecular complexity index is 1270. The molecule has 158 valence electrons. The van der Waals surface area contributed by atoms with Gasteiger partial charge in [0.15, 0.2) is 0 Å². The summed E-state index contributed by atoms with van der Waals surface area (Å²) < 4.78 is 15.6. The lowest BCUT2D eigenvalue weighted by molar-refractivity contribution is 0.466. The van der Waals surface area contributed by atoms with Gasteiger partial charge in [-0.3, -0.25) is 14.3 Å². The summed E-state index contributed by atoms with van der Waals surface area (Å²) >= 11 is 1.62. The van der Waals surface area contributed by atoms with E-state index in [1.807, 2.05) is 12.3 Å². The van der Waals surface area contributed by atoms with Gasteiger partial charge >= 0.3 is 0 Å². The molecule has 3 heterocycles. The molecule has 3 aromatic heterocycles. The maximum Gasteiger partial charge on any atom is 0.262 e. The third-order valence-corrected chi connectivity index (χ3v) is 7.07. The average Bonchev–Trinajstić information content (AvgIpc) is 3.16. The van der Waals surface area contributed by atoms with Crippen LogP contribution in [0.4, 0.5) is 4.39 Å². The lowest BCUT2D eigenvalue weighted by atomic mass is 9.93. The molecule has 31 heavy (non-hydrogen) atoms. The fourth-order valence-electron chi connectivity index (χ4n) is 4.26. The molecule has 0 amide bonds. The number of rotatable bonds is 6. The van der Waals surface area contributed by atoms with E-state index in [0.29, 0.717) is 17.0 Å². The SMILES string of the molecule is O=c1c2c3c(sc2ncn1Cc1ccccc1F)CC(NCCc1cccnc1)CC3. The van der Waals surface area contributed by atoms with Crippen LogP contribution in [0.3, 0.4) is 0 Å². The number of benzene rings is 1. The van der Waals surface area contributed by atoms with Gasteiger partial charge in [-0.15, -0.1) is 11.3 Å². The van der Waals surface area contributed by atoms with E-state index >= 15 is 0 Å². The summed E-state index contributed by atoms with van der Waals surface area (Å²) in [6, 6.07) is 11.0. The monoisotopic (exact) mass is 434 g/mol. The molecular weight excluding hydrogens is 411 g/mol. The van der Waals surface area contributed by atoms with E-state index in [0.717, 1.165) is 42.6 Å². The predicted octanol–water partition coefficient (Wildman–Crippen LogP) is 3.73. The highest BCUT2D eigenvalue weighted by Crippen LogP contribution is 2.33. The van der Waals surface area contributed by atoms with Crippen LogP contribution in [0.15, 0.2) is 59.9 Å². The number of thiophene rings is 1. The van der Waals surface area contributed by atoms with Crippen molar-refractivity contribution in [1.82, 2.24) is 19.9 Å². The molecule has 0 radical (unpaired) electrons. The van der Waals surface area contributed by atoms with Crippen LogP contribution in [0.25, 0.3) is 10.2 Å². The first-order valence-corrected chi connectivity index (χ1v) is 11.4. The number of nitrogens with zero attached hydrogens (tertiary/aromatic N) is 3. The van der Waals surface area contributed by atoms with Gasteiger partial charge in [-0.2, -0.15) is 0 Å². The Labute approximate surface area is 183 Å². The van der Waals surface area contributed by atoms with E-state index in [2.05, 4.69) is 21.4 Å². The molecule has 0 aliphatic heterocycles. The topological polar surface area (TPSA) is 59.8 Å². The number of hydrogen-bond donors (Lipinski definition) is 1. The zero-order chi connectivity index (χ0) is 21.2. The van der Waals surface area contributed by atoms with E-state index < -0.39 is 0 Å². The van der Waals surface area contributed by atoms with Gasteiger partial charge in [-0.1, -0.05) is 24.3 Å². The second-order valence-electron chi connectivity index (χ2n) is 7.96. The van der Waals surface area contributed by atoms with E-state index in [1.54, 1.807) is 42.1 Å². The van der Waals surface area contributed by atoms with Gasteiger partial charge in [-0.05, 0) is 55.5 Å². The lowest BCUT2D eigenvalue weighted by Crippen LogP contribution is -2.35. The number of aromatic nitrogens is 3. The predicted molar refractivity (Wildman–Crippen MR) is 121 cm³/mol. The van der Waals surface area contributed by atoms with Crippen molar-refractivity contribution in [3.63, 3.8) is 0 Å². The quantitative estimate of drug-likeness (QED) is 0.502. The standard InChI is InChI=1S/C24H23FN4OS/c25-20-6-2-1-5-17(20)14-29-15-28-23-22(24(29)30)19-8-7-18(12-21(19)31-23)27-11-9-16-4-3-10-26-13-16/h1-6,10,13,15,18,27H,7-9,11-12,14H2. The average molecular weight is 435 g/mol. The van der Waals surface area contributed by atoms with E-state index in [-0.39, 0.29) is 17.9 Å². The summed E-state index contributed by atoms with van der Waals surface area (Å²) in [6.07, 6.45) is 8.96. The highest BCUT2D eigenvalue weighted by molar-refractivity contribution is 7.18. The van der Waals surface area contributed by atoms with E-state index in [1.165, 1.54) is 21.1 Å². The van der Waals surface area contributed by atoms with Crippen molar-refractivity contribution >= 4 is 21.6 Å². The molecule has 1 unspecified atom stereocenters. The second kappa shape index (κ2) is 8.69. The van der Waals surface area contributed by atoms with Crippen LogP contribution in [0.1, 0.15) is 28.0 Å². The van der Waals surface area contributed by atoms with Gasteiger partial charge in [0, 0.05) is 28.9 Å². The molecule has 0 bridgehead atoms. The molecule has 1 aliphatic rings. The number of aryl methyl sites for hydroxylation is 1. The molecule has 0 saturated carbocycles. The van der Waals surface area contributed by atoms with Crippen LogP contribution in [0.5, 0.6) is 0 Å². The van der Waals surface area contributed by atoms with E-state index in [9.17, 15) is 9.18 Å². The number of hydrogen-bond acceptors (Lipinski definition) is 5. The lowest BCUT2D eigenvalue weighted by Gasteiger charge is -2.23. The molecule has 1 atom stereocenters. The van der Waals surface area contributed by atoms with Crippen molar-refractivity contribution in [2.75, 3.05) is 6.54 Å². The third kappa shape index (κ3) is 4.16. The van der Waals surface area contributed by atoms with Crippen LogP contribution in [0.2, 0.25) is 0 Å². The van der Waals surface area contributed by atoms with Crippen LogP contribution >= 0.6 is 11.3 Å². The number of nitrogens with one attached hydrogen (secondary N) is 1. The Kier molecular flexibility index (Phi) is 5.61. The Morgan fingerprint density at radius 1 is 1.23 bits per heavy atom. The van der Waals surface area contributed by atoms with E-state index in [4.69, 9.17) is 0 Å². The Hall–Kier alpha value is -2.90. The fourth-order valence-corrected chi connectivity index (χ4v) is 5.52. The first-order valence-electron chi connectivity index (χ1n) is 10.5. The minimum atomic E-state index is -0.304. The first-order chi connectivity index (χ1) is 15.2. The van der Waals surface area contributed by atoms with Crippen LogP contribution in [0, 0.1) is 5.82 Å². The first kappa shape index (κ1) is 20.0. The summed E-state index contributed by atoms with van der Waals surface area (Å²) in [5, 5.41) is 4.37. The molecule has 4 aromatic rings. The van der Waals surface area contributed by atoms with Gasteiger partial charge in [0.05, 0.1) is 18.3 Å². The van der Waals surface area contributed by atoms with Gasteiger partial charge in [-0.25, -0.2) is 9.37 Å². The summed E-state index contributed by atoms with van der Waals surface area (Å²) in [4.78, 5) is 23.9. The van der Waals surface area contributed by atoms with Gasteiger partial charge in [0.2, 0.25) is 0 Å². The molecule has 0 fully saturated rings. The molecule has 1 aliphatic carbocycles. The molecule has 0 saturated heterocycles. The zero-order valence-electron chi connectivity index (χ0n) is 17.1. The van der Waals surface area contributed by atoms with Gasteiger partial charge < -0.3 is 5.32 Å². The van der Waals surface area contributed by atoms with Gasteiger partial charge in [0.25, 0.3) is 5.56 Å². The van der Waals surface area contributed by atoms with Crippen molar-refractivity contribution in [2.45, 2.75) is 38.3 Å². The number of fused-ring (bicyclic) bond motifs is 3. The molecule has 5 rings (SSSR count). The fraction of sp³-hybridized carbons (Fsp3) is 0.292. The number of pyridine rings is 1. The van der Waals surface area contributed by atoms with Crippen molar-refractivity contribution in [3.05, 3.63) is 92.9 Å². The Morgan fingerprint density at radius 3 is 2.97 bits per heavy atom.